The van der Waals surface area contributed by atoms with Crippen molar-refractivity contribution in [3.8, 4) is 0 Å². The van der Waals surface area contributed by atoms with Gasteiger partial charge in [-0.3, -0.25) is 37.3 Å². The Kier molecular flexibility index (Phi) is 18.5. The van der Waals surface area contributed by atoms with Gasteiger partial charge in [-0.05, 0) is 12.8 Å². The van der Waals surface area contributed by atoms with E-state index in [2.05, 4.69) is 34.4 Å². The first kappa shape index (κ1) is 50.3. The van der Waals surface area contributed by atoms with E-state index in [1.54, 1.807) is 0 Å². The summed E-state index contributed by atoms with van der Waals surface area (Å²) in [6.45, 7) is 0.237. The van der Waals surface area contributed by atoms with E-state index in [0.717, 1.165) is 29.0 Å². The van der Waals surface area contributed by atoms with Crippen LogP contribution in [0.3, 0.4) is 0 Å². The lowest BCUT2D eigenvalue weighted by atomic mass is 9.87. The Morgan fingerprint density at radius 2 is 1.69 bits per heavy atom. The summed E-state index contributed by atoms with van der Waals surface area (Å²) >= 11 is 0.901. The topological polar surface area (TPSA) is 427 Å². The first-order valence-electron chi connectivity index (χ1n) is 17.4. The van der Waals surface area contributed by atoms with Gasteiger partial charge in [-0.2, -0.15) is 4.31 Å². The lowest BCUT2D eigenvalue weighted by Gasteiger charge is -2.30. The van der Waals surface area contributed by atoms with Crippen LogP contribution in [0.4, 0.5) is 5.82 Å². The number of carbonyl (C=O) groups is 4. The van der Waals surface area contributed by atoms with Crippen molar-refractivity contribution in [3.63, 3.8) is 0 Å². The van der Waals surface area contributed by atoms with E-state index in [4.69, 9.17) is 30.4 Å². The molecule has 0 radical (unpaired) electrons. The van der Waals surface area contributed by atoms with Crippen LogP contribution in [0, 0.1) is 5.41 Å². The fraction of sp³-hybridized carbons (Fsp3) is 0.679. The van der Waals surface area contributed by atoms with Crippen molar-refractivity contribution in [2.45, 2.75) is 82.6 Å². The van der Waals surface area contributed by atoms with Gasteiger partial charge in [0.15, 0.2) is 17.7 Å². The normalized spacial score (nSPS) is 21.6. The third-order valence-corrected chi connectivity index (χ3v) is 12.3. The number of hydrogen-bond donors (Lipinski definition) is 11. The number of amides is 2. The zero-order valence-electron chi connectivity index (χ0n) is 31.4. The van der Waals surface area contributed by atoms with Gasteiger partial charge in [-0.15, -0.1) is 0 Å². The van der Waals surface area contributed by atoms with E-state index in [9.17, 15) is 62.7 Å². The van der Waals surface area contributed by atoms with Gasteiger partial charge in [0.2, 0.25) is 16.9 Å². The molecule has 0 bridgehead atoms. The number of aliphatic hydroxyl groups is 2. The number of nitrogens with one attached hydrogen (secondary N) is 2. The number of aromatic nitrogens is 4. The maximum Gasteiger partial charge on any atom is 0.481 e. The molecule has 31 heteroatoms. The van der Waals surface area contributed by atoms with Crippen molar-refractivity contribution in [1.82, 2.24) is 30.2 Å². The maximum atomic E-state index is 12.7. The molecule has 1 saturated heterocycles. The molecule has 59 heavy (non-hydrogen) atoms. The number of aliphatic hydroxyl groups excluding tert-OH is 2. The summed E-state index contributed by atoms with van der Waals surface area (Å²) in [6, 6.07) is -0.776. The van der Waals surface area contributed by atoms with Crippen LogP contribution in [-0.2, 0) is 55.5 Å². The summed E-state index contributed by atoms with van der Waals surface area (Å²) < 4.78 is 62.1. The first-order valence-corrected chi connectivity index (χ1v) is 22.9. The molecule has 1 aliphatic rings. The van der Waals surface area contributed by atoms with Gasteiger partial charge in [-0.1, -0.05) is 32.0 Å². The molecular formula is C28H47N8O19P3S. The number of carbonyl (C=O) groups excluding carboxylic acids is 3. The van der Waals surface area contributed by atoms with Crippen LogP contribution in [0.5, 0.6) is 0 Å². The molecule has 8 atom stereocenters. The van der Waals surface area contributed by atoms with Gasteiger partial charge >= 0.3 is 29.4 Å². The number of carboxylic acids is 1. The van der Waals surface area contributed by atoms with E-state index in [1.165, 1.54) is 13.8 Å². The lowest BCUT2D eigenvalue weighted by Crippen LogP contribution is -2.46. The highest BCUT2D eigenvalue weighted by Gasteiger charge is 2.50. The molecule has 3 heterocycles. The summed E-state index contributed by atoms with van der Waals surface area (Å²) in [5.41, 5.74) is 10.0. The summed E-state index contributed by atoms with van der Waals surface area (Å²) in [7, 11) is -16.5. The van der Waals surface area contributed by atoms with Gasteiger partial charge in [0.1, 0.15) is 36.3 Å². The van der Waals surface area contributed by atoms with E-state index >= 15 is 0 Å². The Labute approximate surface area is 339 Å². The molecule has 2 aromatic rings. The molecule has 13 N–H and O–H groups in total. The molecule has 2 aromatic heterocycles. The molecule has 334 valence electrons. The Bertz CT molecular complexity index is 1940. The monoisotopic (exact) mass is 924 g/mol. The Balaban J connectivity index is 1.44. The van der Waals surface area contributed by atoms with Crippen LogP contribution in [0.15, 0.2) is 12.7 Å². The lowest BCUT2D eigenvalue weighted by molar-refractivity contribution is -0.137. The van der Waals surface area contributed by atoms with Gasteiger partial charge in [-0.25, -0.2) is 28.6 Å². The largest absolute Gasteiger partial charge is 0.481 e. The molecule has 1 aliphatic heterocycles. The number of nitrogens with zero attached hydrogens (tertiary/aromatic N) is 4. The Morgan fingerprint density at radius 3 is 2.36 bits per heavy atom. The predicted octanol–water partition coefficient (Wildman–Crippen LogP) is -1.36. The molecule has 3 rings (SSSR count). The number of ether oxygens (including phenoxy) is 1. The van der Waals surface area contributed by atoms with Crippen molar-refractivity contribution in [1.29, 1.82) is 0 Å². The predicted molar refractivity (Wildman–Crippen MR) is 201 cm³/mol. The van der Waals surface area contributed by atoms with E-state index in [0.29, 0.717) is 19.3 Å². The van der Waals surface area contributed by atoms with Crippen molar-refractivity contribution < 1.29 is 90.4 Å². The third kappa shape index (κ3) is 16.1. The Hall–Kier alpha value is -3.01. The summed E-state index contributed by atoms with van der Waals surface area (Å²) in [5.74, 6) is -2.31. The second kappa shape index (κ2) is 21.7. The highest BCUT2D eigenvalue weighted by molar-refractivity contribution is 8.13. The molecule has 2 amide bonds. The number of fused-ring (bicyclic) bond motifs is 1. The number of nitrogen functional groups attached to an aromatic ring is 1. The van der Waals surface area contributed by atoms with Gasteiger partial charge < -0.3 is 61.7 Å². The number of anilines is 1. The molecule has 0 aromatic carbocycles. The zero-order chi connectivity index (χ0) is 44.3. The number of aliphatic carboxylic acids is 1. The smallest absolute Gasteiger partial charge is 0.481 e. The van der Waals surface area contributed by atoms with Gasteiger partial charge in [0, 0.05) is 37.1 Å². The fourth-order valence-corrected chi connectivity index (χ4v) is 8.71. The number of unbranched alkanes of at least 4 members (excludes halogenated alkanes) is 1. The first-order chi connectivity index (χ1) is 27.3. The van der Waals surface area contributed by atoms with Gasteiger partial charge in [0.25, 0.3) is 0 Å². The highest BCUT2D eigenvalue weighted by atomic mass is 32.2. The molecule has 0 aliphatic carbocycles. The fourth-order valence-electron chi connectivity index (χ4n) is 5.15. The number of carboxylic acid groups (broad SMARTS) is 1. The van der Waals surface area contributed by atoms with Crippen LogP contribution in [0.1, 0.15) is 52.2 Å². The minimum atomic E-state index is -5.59. The zero-order valence-corrected chi connectivity index (χ0v) is 34.9. The SMILES string of the molecule is CC(C)(COP(=O)(O)OP(=O)(O)OC[C@H]1O[C@@H](n2cnc3c(N)ncnc32)[C@H](O)[C@@H]1OP(=O)(O)O)[C@@H](O)C(=O)NCCC(=O)NCCSC(=O)[C@@H](N)CCCCC(=O)O. The quantitative estimate of drug-likeness (QED) is 0.0404. The summed E-state index contributed by atoms with van der Waals surface area (Å²) in [6.07, 6.45) is -5.92. The van der Waals surface area contributed by atoms with Crippen molar-refractivity contribution >= 4 is 75.1 Å². The number of thioether (sulfide) groups is 1. The number of rotatable bonds is 25. The molecule has 0 spiro atoms. The van der Waals surface area contributed by atoms with Crippen LogP contribution >= 0.6 is 35.2 Å². The van der Waals surface area contributed by atoms with Gasteiger partial charge in [0.05, 0.1) is 25.6 Å². The van der Waals surface area contributed by atoms with Crippen LogP contribution < -0.4 is 22.1 Å². The molecule has 0 saturated carbocycles. The highest BCUT2D eigenvalue weighted by Crippen LogP contribution is 2.61. The number of imidazole rings is 1. The van der Waals surface area contributed by atoms with E-state index < -0.39 is 96.6 Å². The number of phosphoric acid groups is 3. The number of phosphoric ester groups is 3. The average Bonchev–Trinajstić information content (AvgIpc) is 3.69. The summed E-state index contributed by atoms with van der Waals surface area (Å²) in [5, 5.41) is 34.6. The van der Waals surface area contributed by atoms with Crippen LogP contribution in [-0.4, -0.2) is 140 Å². The minimum Gasteiger partial charge on any atom is -0.481 e. The van der Waals surface area contributed by atoms with E-state index in [1.807, 2.05) is 0 Å². The molecule has 2 unspecified atom stereocenters. The standard InChI is InChI=1S/C28H47N8O19P3S/c1-28(2,22(41)25(42)32-8-7-17(37)31-9-10-59-27(43)15(29)5-3-4-6-18(38)39)12-52-58(49,50)55-57(47,48)51-11-16-21(54-56(44,45)46)20(40)26(53-16)36-14-35-19-23(30)33-13-34-24(19)36/h13-16,20-22,26,40-41H,3-12,29H2,1-2H3,(H,31,37)(H,32,42)(H,38,39)(H,47,48)(H,49,50)(H2,30,33,34)(H2,44,45,46)/t15-,16+,20+,21+,22-,26+/m0/s1. The molecular weight excluding hydrogens is 877 g/mol. The van der Waals surface area contributed by atoms with Crippen LogP contribution in [0.25, 0.3) is 11.2 Å². The second-order valence-electron chi connectivity index (χ2n) is 13.5. The molecule has 1 fully saturated rings. The second-order valence-corrected chi connectivity index (χ2v) is 18.8. The minimum absolute atomic E-state index is 0.0194. The van der Waals surface area contributed by atoms with Crippen molar-refractivity contribution in [2.75, 3.05) is 37.8 Å². The average molecular weight is 925 g/mol. The maximum absolute atomic E-state index is 12.7. The van der Waals surface area contributed by atoms with Crippen LogP contribution in [0.2, 0.25) is 0 Å². The third-order valence-electron chi connectivity index (χ3n) is 8.20. The van der Waals surface area contributed by atoms with Crippen molar-refractivity contribution in [3.05, 3.63) is 12.7 Å². The van der Waals surface area contributed by atoms with Crippen molar-refractivity contribution in [2.24, 2.45) is 11.1 Å². The number of nitrogens with two attached hydrogens (primary N) is 2. The summed E-state index contributed by atoms with van der Waals surface area (Å²) in [4.78, 5) is 98.3. The van der Waals surface area contributed by atoms with E-state index in [-0.39, 0.29) is 53.8 Å². The molecule has 27 nitrogen and oxygen atoms in total. The Morgan fingerprint density at radius 1 is 1.02 bits per heavy atom. The number of hydrogen-bond acceptors (Lipinski definition) is 20.